The van der Waals surface area contributed by atoms with Gasteiger partial charge in [-0.05, 0) is 57.4 Å². The Kier molecular flexibility index (Phi) is 9.67. The fourth-order valence-corrected chi connectivity index (χ4v) is 5.76. The van der Waals surface area contributed by atoms with Gasteiger partial charge in [0.15, 0.2) is 5.78 Å². The molecule has 1 N–H and O–H groups in total. The number of alkyl halides is 8. The molecule has 1 aliphatic rings. The van der Waals surface area contributed by atoms with E-state index < -0.39 is 114 Å². The van der Waals surface area contributed by atoms with Crippen LogP contribution in [-0.2, 0) is 28.6 Å². The summed E-state index contributed by atoms with van der Waals surface area (Å²) in [6.07, 6.45) is -7.35. The van der Waals surface area contributed by atoms with Crippen LogP contribution in [-0.4, -0.2) is 26.6 Å². The molecule has 1 fully saturated rings. The van der Waals surface area contributed by atoms with E-state index in [2.05, 4.69) is 5.32 Å². The number of amides is 1. The van der Waals surface area contributed by atoms with Crippen molar-refractivity contribution in [2.45, 2.75) is 34.1 Å². The Bertz CT molecular complexity index is 1730. The van der Waals surface area contributed by atoms with Crippen LogP contribution >= 0.6 is 50.7 Å². The van der Waals surface area contributed by atoms with Gasteiger partial charge in [0.2, 0.25) is 11.7 Å². The highest BCUT2D eigenvalue weighted by Gasteiger charge is 2.67. The van der Waals surface area contributed by atoms with Crippen LogP contribution in [0, 0.1) is 29.2 Å². The fourth-order valence-electron chi connectivity index (χ4n) is 4.58. The van der Waals surface area contributed by atoms with Crippen LogP contribution in [0.1, 0.15) is 38.5 Å². The first-order valence-electron chi connectivity index (χ1n) is 12.3. The number of rotatable bonds is 9. The van der Waals surface area contributed by atoms with E-state index in [4.69, 9.17) is 34.8 Å². The number of hydrogen-bond donors (Lipinski definition) is 1. The van der Waals surface area contributed by atoms with Crippen LogP contribution in [0.5, 0.6) is 0 Å². The molecule has 3 aromatic rings. The van der Waals surface area contributed by atoms with Crippen molar-refractivity contribution >= 4 is 73.9 Å². The molecule has 1 amide bonds. The first-order valence-corrected chi connectivity index (χ1v) is 14.2. The maximum absolute atomic E-state index is 15.0. The molecule has 45 heavy (non-hydrogen) atoms. The zero-order valence-electron chi connectivity index (χ0n) is 21.7. The zero-order valence-corrected chi connectivity index (χ0v) is 25.6. The lowest BCUT2D eigenvalue weighted by Crippen LogP contribution is -2.23. The van der Waals surface area contributed by atoms with Crippen molar-refractivity contribution in [3.63, 3.8) is 0 Å². The minimum atomic E-state index is -5.06. The predicted octanol–water partition coefficient (Wildman–Crippen LogP) is 8.97. The highest BCUT2D eigenvalue weighted by molar-refractivity contribution is 9.10. The molecule has 3 aromatic carbocycles. The van der Waals surface area contributed by atoms with Gasteiger partial charge in [0, 0.05) is 35.6 Å². The summed E-state index contributed by atoms with van der Waals surface area (Å²) < 4.78 is 122. The zero-order chi connectivity index (χ0) is 33.8. The van der Waals surface area contributed by atoms with Crippen LogP contribution in [0.4, 0.5) is 45.2 Å². The minimum Gasteiger partial charge on any atom is -0.326 e. The Morgan fingerprint density at radius 2 is 1.49 bits per heavy atom. The Morgan fingerprint density at radius 3 is 2.09 bits per heavy atom. The van der Waals surface area contributed by atoms with E-state index in [-0.39, 0.29) is 5.56 Å². The predicted molar refractivity (Wildman–Crippen MR) is 149 cm³/mol. The molecule has 0 aliphatic heterocycles. The molecule has 4 rings (SSSR count). The molecule has 0 saturated heterocycles. The topological polar surface area (TPSA) is 63.2 Å². The van der Waals surface area contributed by atoms with Crippen molar-refractivity contribution in [1.82, 2.24) is 0 Å². The molecule has 0 radical (unpaired) electrons. The van der Waals surface area contributed by atoms with Crippen molar-refractivity contribution in [3.05, 3.63) is 98.6 Å². The first-order chi connectivity index (χ1) is 20.6. The van der Waals surface area contributed by atoms with Crippen molar-refractivity contribution in [2.24, 2.45) is 5.92 Å². The third-order valence-electron chi connectivity index (χ3n) is 6.86. The molecule has 240 valence electrons. The van der Waals surface area contributed by atoms with Gasteiger partial charge in [0.25, 0.3) is 0 Å². The summed E-state index contributed by atoms with van der Waals surface area (Å²) >= 11 is 20.0. The number of halogens is 13. The van der Waals surface area contributed by atoms with Crippen LogP contribution in [0.15, 0.2) is 42.5 Å². The third-order valence-corrected chi connectivity index (χ3v) is 8.62. The number of nitrogens with one attached hydrogen (secondary N) is 1. The molecular formula is C28H14BrCl3F9NO3. The fraction of sp³-hybridized carbons (Fsp3) is 0.250. The van der Waals surface area contributed by atoms with Crippen molar-refractivity contribution in [2.75, 3.05) is 5.32 Å². The Labute approximate surface area is 270 Å². The molecule has 1 aliphatic carbocycles. The van der Waals surface area contributed by atoms with E-state index in [1.165, 1.54) is 0 Å². The van der Waals surface area contributed by atoms with E-state index in [0.717, 1.165) is 18.2 Å². The minimum absolute atomic E-state index is 0.222. The van der Waals surface area contributed by atoms with Crippen LogP contribution < -0.4 is 5.32 Å². The van der Waals surface area contributed by atoms with Gasteiger partial charge < -0.3 is 5.32 Å². The van der Waals surface area contributed by atoms with Crippen LogP contribution in [0.3, 0.4) is 0 Å². The molecule has 0 unspecified atom stereocenters. The monoisotopic (exact) mass is 767 g/mol. The highest BCUT2D eigenvalue weighted by Crippen LogP contribution is 2.65. The van der Waals surface area contributed by atoms with Gasteiger partial charge >= 0.3 is 11.0 Å². The molecule has 0 aromatic heterocycles. The van der Waals surface area contributed by atoms with Crippen LogP contribution in [0.25, 0.3) is 0 Å². The summed E-state index contributed by atoms with van der Waals surface area (Å²) in [5.41, 5.74) is -4.56. The van der Waals surface area contributed by atoms with Gasteiger partial charge in [-0.25, -0.2) is 17.6 Å². The third kappa shape index (κ3) is 7.28. The lowest BCUT2D eigenvalue weighted by molar-refractivity contribution is -0.140. The molecule has 4 nitrogen and oxygen atoms in total. The summed E-state index contributed by atoms with van der Waals surface area (Å²) in [6, 6.07) is 4.78. The van der Waals surface area contributed by atoms with E-state index in [1.807, 2.05) is 15.9 Å². The van der Waals surface area contributed by atoms with Crippen molar-refractivity contribution in [3.8, 4) is 0 Å². The lowest BCUT2D eigenvalue weighted by Gasteiger charge is -2.13. The molecule has 0 heterocycles. The summed E-state index contributed by atoms with van der Waals surface area (Å²) in [7, 11) is 0. The van der Waals surface area contributed by atoms with Gasteiger partial charge in [-0.15, -0.1) is 23.2 Å². The Morgan fingerprint density at radius 1 is 0.867 bits per heavy atom. The second-order valence-electron chi connectivity index (χ2n) is 9.87. The van der Waals surface area contributed by atoms with Gasteiger partial charge in [-0.1, -0.05) is 23.7 Å². The number of carbonyl (C=O) groups is 3. The number of benzene rings is 3. The molecule has 1 saturated carbocycles. The van der Waals surface area contributed by atoms with Gasteiger partial charge in [0.05, 0.1) is 16.5 Å². The average molecular weight is 770 g/mol. The normalized spacial score (nSPS) is 17.6. The Hall–Kier alpha value is -2.81. The number of ketones is 2. The average Bonchev–Trinajstić information content (AvgIpc) is 3.50. The summed E-state index contributed by atoms with van der Waals surface area (Å²) in [4.78, 5) is 33.6. The Balaban J connectivity index is 1.57. The SMILES string of the molecule is O=C(Cc1c(F)ccc(CC(=O)C(F)(F)Br)c1F)c1cc(NC(=O)[C@H]2[C@H](c3ccc(F)c(C(F)(F)F)c3)C2(Cl)Cl)cc(F)c1Cl. The molecule has 0 bridgehead atoms. The van der Waals surface area contributed by atoms with Gasteiger partial charge in [-0.2, -0.15) is 22.0 Å². The van der Waals surface area contributed by atoms with Crippen LogP contribution in [0.2, 0.25) is 5.02 Å². The number of anilines is 1. The van der Waals surface area contributed by atoms with Crippen molar-refractivity contribution in [1.29, 1.82) is 0 Å². The summed E-state index contributed by atoms with van der Waals surface area (Å²) in [5.74, 6) is -12.3. The molecule has 0 spiro atoms. The van der Waals surface area contributed by atoms with E-state index in [9.17, 15) is 53.9 Å². The van der Waals surface area contributed by atoms with Gasteiger partial charge in [0.1, 0.15) is 27.6 Å². The molecular weight excluding hydrogens is 756 g/mol. The number of carbonyl (C=O) groups excluding carboxylic acids is 3. The quantitative estimate of drug-likeness (QED) is 0.134. The molecule has 2 atom stereocenters. The summed E-state index contributed by atoms with van der Waals surface area (Å²) in [5, 5.41) is 1.38. The van der Waals surface area contributed by atoms with Gasteiger partial charge in [-0.3, -0.25) is 14.4 Å². The smallest absolute Gasteiger partial charge is 0.326 e. The number of Topliss-reactive ketones (excluding diaryl/α,β-unsaturated/α-hetero) is 2. The highest BCUT2D eigenvalue weighted by atomic mass is 79.9. The number of hydrogen-bond acceptors (Lipinski definition) is 3. The second kappa shape index (κ2) is 12.4. The lowest BCUT2D eigenvalue weighted by atomic mass is 9.97. The second-order valence-corrected chi connectivity index (χ2v) is 12.7. The standard InChI is InChI=1S/C28H14BrCl3F9NO3/c29-27(37,38)20(44)6-11-2-3-16(33)13(24(11)36)9-19(43)14-7-12(8-18(35)23(14)30)42-25(45)22-21(26(22,31)32)10-1-4-17(34)15(5-10)28(39,40)41/h1-5,7-8,21-22H,6,9H2,(H,42,45)/t21-,22+/m0/s1. The van der Waals surface area contributed by atoms with E-state index >= 15 is 0 Å². The molecule has 17 heteroatoms. The van der Waals surface area contributed by atoms with Crippen molar-refractivity contribution < 1.29 is 53.9 Å². The summed E-state index contributed by atoms with van der Waals surface area (Å²) in [6.45, 7) is 0. The maximum Gasteiger partial charge on any atom is 0.419 e. The van der Waals surface area contributed by atoms with E-state index in [0.29, 0.717) is 24.3 Å². The van der Waals surface area contributed by atoms with E-state index in [1.54, 1.807) is 0 Å². The maximum atomic E-state index is 15.0. The first kappa shape index (κ1) is 35.1. The largest absolute Gasteiger partial charge is 0.419 e.